The number of aryl methyl sites for hydroxylation is 2. The molecular weight excluding hydrogens is 206 g/mol. The Morgan fingerprint density at radius 1 is 1.53 bits per heavy atom. The molecule has 1 unspecified atom stereocenters. The molecule has 3 nitrogen and oxygen atoms in total. The van der Waals surface area contributed by atoms with E-state index in [0.29, 0.717) is 6.04 Å². The Balaban J connectivity index is 1.95. The lowest BCUT2D eigenvalue weighted by molar-refractivity contribution is 0.324. The molecule has 1 atom stereocenters. The first-order valence-corrected chi connectivity index (χ1v) is 6.33. The van der Waals surface area contributed by atoms with Crippen molar-refractivity contribution in [3.8, 4) is 0 Å². The van der Waals surface area contributed by atoms with Crippen molar-refractivity contribution in [2.45, 2.75) is 32.9 Å². The number of hydrogen-bond donors (Lipinski definition) is 1. The van der Waals surface area contributed by atoms with Crippen molar-refractivity contribution in [2.75, 3.05) is 20.1 Å². The van der Waals surface area contributed by atoms with Gasteiger partial charge in [0.2, 0.25) is 0 Å². The third-order valence-corrected chi connectivity index (χ3v) is 4.11. The number of hydrogen-bond acceptors (Lipinski definition) is 4. The first-order valence-electron chi connectivity index (χ1n) is 5.51. The number of nitrogens with one attached hydrogen (secondary N) is 1. The van der Waals surface area contributed by atoms with E-state index in [1.165, 1.54) is 35.1 Å². The summed E-state index contributed by atoms with van der Waals surface area (Å²) in [6.07, 6.45) is 1.27. The van der Waals surface area contributed by atoms with E-state index in [0.717, 1.165) is 6.54 Å². The third kappa shape index (κ3) is 2.56. The molecule has 1 saturated heterocycles. The van der Waals surface area contributed by atoms with Crippen molar-refractivity contribution in [1.82, 2.24) is 15.2 Å². The average molecular weight is 225 g/mol. The van der Waals surface area contributed by atoms with Crippen molar-refractivity contribution < 1.29 is 0 Å². The van der Waals surface area contributed by atoms with Crippen molar-refractivity contribution in [2.24, 2.45) is 0 Å². The molecule has 0 bridgehead atoms. The van der Waals surface area contributed by atoms with E-state index in [2.05, 4.69) is 36.1 Å². The molecule has 0 aromatic carbocycles. The van der Waals surface area contributed by atoms with Gasteiger partial charge in [-0.15, -0.1) is 11.3 Å². The number of nitrogens with zero attached hydrogens (tertiary/aromatic N) is 2. The molecule has 1 aromatic heterocycles. The van der Waals surface area contributed by atoms with Gasteiger partial charge in [0.1, 0.15) is 0 Å². The fourth-order valence-electron chi connectivity index (χ4n) is 2.14. The summed E-state index contributed by atoms with van der Waals surface area (Å²) in [5.41, 5.74) is 1.21. The van der Waals surface area contributed by atoms with Gasteiger partial charge in [-0.3, -0.25) is 4.90 Å². The number of likely N-dealkylation sites (tertiary alicyclic amines) is 1. The molecule has 2 rings (SSSR count). The fraction of sp³-hybridized carbons (Fsp3) is 0.727. The minimum atomic E-state index is 0.680. The Morgan fingerprint density at radius 3 is 2.87 bits per heavy atom. The summed E-state index contributed by atoms with van der Waals surface area (Å²) in [6, 6.07) is 0.680. The molecular formula is C11H19N3S. The van der Waals surface area contributed by atoms with Crippen LogP contribution in [0.5, 0.6) is 0 Å². The number of aromatic nitrogens is 1. The topological polar surface area (TPSA) is 28.2 Å². The Kier molecular flexibility index (Phi) is 3.38. The van der Waals surface area contributed by atoms with Gasteiger partial charge in [0.25, 0.3) is 0 Å². The summed E-state index contributed by atoms with van der Waals surface area (Å²) in [7, 11) is 2.05. The van der Waals surface area contributed by atoms with E-state index in [1.54, 1.807) is 0 Å². The lowest BCUT2D eigenvalue weighted by Gasteiger charge is -2.14. The molecule has 0 aliphatic carbocycles. The zero-order valence-electron chi connectivity index (χ0n) is 9.71. The van der Waals surface area contributed by atoms with Gasteiger partial charge in [0.15, 0.2) is 0 Å². The van der Waals surface area contributed by atoms with E-state index < -0.39 is 0 Å². The lowest BCUT2D eigenvalue weighted by Crippen LogP contribution is -2.29. The predicted octanol–water partition coefficient (Wildman–Crippen LogP) is 1.55. The van der Waals surface area contributed by atoms with Crippen LogP contribution in [-0.2, 0) is 6.54 Å². The molecule has 1 aliphatic rings. The second-order valence-electron chi connectivity index (χ2n) is 4.25. The van der Waals surface area contributed by atoms with Crippen LogP contribution in [0.4, 0.5) is 0 Å². The van der Waals surface area contributed by atoms with E-state index in [-0.39, 0.29) is 0 Å². The molecule has 2 heterocycles. The van der Waals surface area contributed by atoms with Crippen LogP contribution in [0.25, 0.3) is 0 Å². The summed E-state index contributed by atoms with van der Waals surface area (Å²) in [6.45, 7) is 7.66. The van der Waals surface area contributed by atoms with Crippen molar-refractivity contribution in [3.05, 3.63) is 15.6 Å². The zero-order valence-corrected chi connectivity index (χ0v) is 10.5. The van der Waals surface area contributed by atoms with E-state index in [9.17, 15) is 0 Å². The van der Waals surface area contributed by atoms with Gasteiger partial charge in [-0.25, -0.2) is 4.98 Å². The minimum absolute atomic E-state index is 0.680. The monoisotopic (exact) mass is 225 g/mol. The molecule has 0 radical (unpaired) electrons. The van der Waals surface area contributed by atoms with Crippen LogP contribution in [0.15, 0.2) is 0 Å². The Bertz CT molecular complexity index is 335. The number of likely N-dealkylation sites (N-methyl/N-ethyl adjacent to an activating group) is 1. The predicted molar refractivity (Wildman–Crippen MR) is 64.3 cm³/mol. The molecule has 0 amide bonds. The maximum atomic E-state index is 4.47. The second kappa shape index (κ2) is 4.60. The summed E-state index contributed by atoms with van der Waals surface area (Å²) in [5.74, 6) is 0. The van der Waals surface area contributed by atoms with Gasteiger partial charge >= 0.3 is 0 Å². The molecule has 4 heteroatoms. The SMILES string of the molecule is CNC1CCN(Cc2sc(C)nc2C)C1. The van der Waals surface area contributed by atoms with Crippen molar-refractivity contribution in [1.29, 1.82) is 0 Å². The molecule has 1 fully saturated rings. The molecule has 0 spiro atoms. The standard InChI is InChI=1S/C11H19N3S/c1-8-11(15-9(2)13-8)7-14-5-4-10(6-14)12-3/h10,12H,4-7H2,1-3H3. The highest BCUT2D eigenvalue weighted by atomic mass is 32.1. The van der Waals surface area contributed by atoms with E-state index in [1.807, 2.05) is 11.3 Å². The number of rotatable bonds is 3. The van der Waals surface area contributed by atoms with Crippen LogP contribution >= 0.6 is 11.3 Å². The largest absolute Gasteiger partial charge is 0.316 e. The molecule has 0 saturated carbocycles. The Labute approximate surface area is 95.5 Å². The van der Waals surface area contributed by atoms with Crippen LogP contribution in [0.2, 0.25) is 0 Å². The highest BCUT2D eigenvalue weighted by Gasteiger charge is 2.21. The molecule has 1 aromatic rings. The Morgan fingerprint density at radius 2 is 2.33 bits per heavy atom. The minimum Gasteiger partial charge on any atom is -0.316 e. The first kappa shape index (κ1) is 11.0. The van der Waals surface area contributed by atoms with Crippen molar-refractivity contribution >= 4 is 11.3 Å². The lowest BCUT2D eigenvalue weighted by atomic mass is 10.3. The summed E-state index contributed by atoms with van der Waals surface area (Å²) < 4.78 is 0. The van der Waals surface area contributed by atoms with Crippen LogP contribution < -0.4 is 5.32 Å². The fourth-order valence-corrected chi connectivity index (χ4v) is 3.11. The normalized spacial score (nSPS) is 22.5. The zero-order chi connectivity index (χ0) is 10.8. The van der Waals surface area contributed by atoms with Crippen molar-refractivity contribution in [3.63, 3.8) is 0 Å². The van der Waals surface area contributed by atoms with Gasteiger partial charge < -0.3 is 5.32 Å². The van der Waals surface area contributed by atoms with E-state index >= 15 is 0 Å². The maximum Gasteiger partial charge on any atom is 0.0900 e. The molecule has 1 N–H and O–H groups in total. The Hall–Kier alpha value is -0.450. The highest BCUT2D eigenvalue weighted by molar-refractivity contribution is 7.11. The van der Waals surface area contributed by atoms with Crippen LogP contribution in [0.3, 0.4) is 0 Å². The number of thiazole rings is 1. The van der Waals surface area contributed by atoms with Gasteiger partial charge in [0.05, 0.1) is 10.7 Å². The van der Waals surface area contributed by atoms with Gasteiger partial charge in [-0.1, -0.05) is 0 Å². The maximum absolute atomic E-state index is 4.47. The quantitative estimate of drug-likeness (QED) is 0.846. The summed E-state index contributed by atoms with van der Waals surface area (Å²) >= 11 is 1.84. The second-order valence-corrected chi connectivity index (χ2v) is 5.54. The molecule has 1 aliphatic heterocycles. The first-order chi connectivity index (χ1) is 7.19. The van der Waals surface area contributed by atoms with E-state index in [4.69, 9.17) is 0 Å². The molecule has 84 valence electrons. The van der Waals surface area contributed by atoms with Crippen LogP contribution in [-0.4, -0.2) is 36.1 Å². The van der Waals surface area contributed by atoms with Crippen LogP contribution in [0.1, 0.15) is 22.0 Å². The smallest absolute Gasteiger partial charge is 0.0900 e. The van der Waals surface area contributed by atoms with Gasteiger partial charge in [-0.05, 0) is 27.3 Å². The summed E-state index contributed by atoms with van der Waals surface area (Å²) in [5, 5.41) is 4.53. The molecule has 15 heavy (non-hydrogen) atoms. The highest BCUT2D eigenvalue weighted by Crippen LogP contribution is 2.21. The third-order valence-electron chi connectivity index (χ3n) is 3.05. The van der Waals surface area contributed by atoms with Gasteiger partial charge in [-0.2, -0.15) is 0 Å². The average Bonchev–Trinajstić information content (AvgIpc) is 2.75. The van der Waals surface area contributed by atoms with Crippen LogP contribution in [0, 0.1) is 13.8 Å². The summed E-state index contributed by atoms with van der Waals surface area (Å²) in [4.78, 5) is 8.42. The van der Waals surface area contributed by atoms with Gasteiger partial charge in [0, 0.05) is 30.6 Å².